The normalized spacial score (nSPS) is 12.0. The number of nitrogens with two attached hydrogens (primary N) is 1. The van der Waals surface area contributed by atoms with Gasteiger partial charge in [-0.1, -0.05) is 18.2 Å². The van der Waals surface area contributed by atoms with Crippen molar-refractivity contribution in [3.8, 4) is 11.1 Å². The zero-order chi connectivity index (χ0) is 30.8. The number of carbonyl (C=O) groups excluding carboxylic acids is 2. The molecule has 0 atom stereocenters. The number of urea groups is 1. The van der Waals surface area contributed by atoms with Crippen LogP contribution in [0.3, 0.4) is 0 Å². The van der Waals surface area contributed by atoms with Crippen LogP contribution in [0, 0.1) is 0 Å². The van der Waals surface area contributed by atoms with Crippen LogP contribution in [0.25, 0.3) is 16.6 Å². The van der Waals surface area contributed by atoms with E-state index < -0.39 is 36.5 Å². The first kappa shape index (κ1) is 30.0. The lowest BCUT2D eigenvalue weighted by Gasteiger charge is -2.14. The summed E-state index contributed by atoms with van der Waals surface area (Å²) in [6.45, 7) is -1.46. The van der Waals surface area contributed by atoms with Crippen molar-refractivity contribution >= 4 is 34.8 Å². The number of hydrogen-bond donors (Lipinski definition) is 4. The molecule has 0 aliphatic rings. The second-order valence-corrected chi connectivity index (χ2v) is 9.20. The number of halogens is 6. The standard InChI is InChI=1S/C25H23F6N9O2/c1-39(2)10-15-19(22(41)33-11-24(26,27)28)18(20-21(32)34-12-35-40(15)20)13-6-8-14(9-7-13)36-23(42)38-17-5-3-4-16(37-17)25(29,30)31/h3-9,12H,10-11H2,1-2H3,(H,33,41)(H2,32,34,35)(H2,36,37,38,42). The molecule has 11 nitrogen and oxygen atoms in total. The van der Waals surface area contributed by atoms with Gasteiger partial charge in [0.25, 0.3) is 5.91 Å². The maximum Gasteiger partial charge on any atom is 0.433 e. The third kappa shape index (κ3) is 6.85. The first-order valence-electron chi connectivity index (χ1n) is 12.0. The number of amides is 3. The van der Waals surface area contributed by atoms with Crippen molar-refractivity contribution in [3.05, 3.63) is 65.7 Å². The summed E-state index contributed by atoms with van der Waals surface area (Å²) < 4.78 is 78.8. The Kier molecular flexibility index (Phi) is 8.24. The second-order valence-electron chi connectivity index (χ2n) is 9.20. The largest absolute Gasteiger partial charge is 0.433 e. The lowest BCUT2D eigenvalue weighted by atomic mass is 9.99. The van der Waals surface area contributed by atoms with Gasteiger partial charge in [0.1, 0.15) is 29.9 Å². The molecule has 4 rings (SSSR count). The van der Waals surface area contributed by atoms with Gasteiger partial charge in [0, 0.05) is 17.8 Å². The van der Waals surface area contributed by atoms with Crippen molar-refractivity contribution in [3.63, 3.8) is 0 Å². The van der Waals surface area contributed by atoms with Crippen molar-refractivity contribution in [2.75, 3.05) is 37.0 Å². The van der Waals surface area contributed by atoms with E-state index in [-0.39, 0.29) is 46.2 Å². The van der Waals surface area contributed by atoms with Crippen LogP contribution in [0.15, 0.2) is 48.8 Å². The van der Waals surface area contributed by atoms with E-state index in [1.165, 1.54) is 34.8 Å². The number of nitrogens with one attached hydrogen (secondary N) is 3. The minimum Gasteiger partial charge on any atom is -0.382 e. The highest BCUT2D eigenvalue weighted by molar-refractivity contribution is 6.08. The Hall–Kier alpha value is -4.93. The average Bonchev–Trinajstić information content (AvgIpc) is 3.21. The van der Waals surface area contributed by atoms with Gasteiger partial charge < -0.3 is 21.3 Å². The third-order valence-corrected chi connectivity index (χ3v) is 5.70. The van der Waals surface area contributed by atoms with Gasteiger partial charge >= 0.3 is 18.4 Å². The molecule has 3 aromatic heterocycles. The molecule has 17 heteroatoms. The van der Waals surface area contributed by atoms with Crippen LogP contribution in [0.4, 0.5) is 48.5 Å². The molecule has 0 aliphatic carbocycles. The van der Waals surface area contributed by atoms with Crippen LogP contribution in [0.2, 0.25) is 0 Å². The van der Waals surface area contributed by atoms with E-state index in [9.17, 15) is 35.9 Å². The molecule has 5 N–H and O–H groups in total. The van der Waals surface area contributed by atoms with E-state index in [1.807, 2.05) is 5.32 Å². The van der Waals surface area contributed by atoms with Crippen LogP contribution >= 0.6 is 0 Å². The van der Waals surface area contributed by atoms with Crippen molar-refractivity contribution in [1.29, 1.82) is 0 Å². The van der Waals surface area contributed by atoms with E-state index in [4.69, 9.17) is 5.73 Å². The zero-order valence-corrected chi connectivity index (χ0v) is 21.9. The lowest BCUT2D eigenvalue weighted by Crippen LogP contribution is -2.34. The first-order valence-corrected chi connectivity index (χ1v) is 12.0. The summed E-state index contributed by atoms with van der Waals surface area (Å²) in [5.41, 5.74) is 5.97. The van der Waals surface area contributed by atoms with Gasteiger partial charge in [0.15, 0.2) is 5.82 Å². The number of benzene rings is 1. The predicted octanol–water partition coefficient (Wildman–Crippen LogP) is 4.39. The Balaban J connectivity index is 1.68. The molecule has 0 fully saturated rings. The number of hydrogen-bond acceptors (Lipinski definition) is 7. The number of rotatable bonds is 7. The Morgan fingerprint density at radius 1 is 1.00 bits per heavy atom. The highest BCUT2D eigenvalue weighted by Gasteiger charge is 2.33. The van der Waals surface area contributed by atoms with Gasteiger partial charge in [-0.2, -0.15) is 31.4 Å². The molecular formula is C25H23F6N9O2. The SMILES string of the molecule is CN(C)Cc1c(C(=O)NCC(F)(F)F)c(-c2ccc(NC(=O)Nc3cccc(C(F)(F)F)n3)cc2)c2c(N)ncnn12. The number of alkyl halides is 6. The van der Waals surface area contributed by atoms with E-state index in [1.54, 1.807) is 19.0 Å². The summed E-state index contributed by atoms with van der Waals surface area (Å²) in [5.74, 6) is -1.39. The van der Waals surface area contributed by atoms with Crippen LogP contribution in [0.5, 0.6) is 0 Å². The van der Waals surface area contributed by atoms with E-state index >= 15 is 0 Å². The van der Waals surface area contributed by atoms with E-state index in [2.05, 4.69) is 25.7 Å². The molecule has 0 saturated carbocycles. The van der Waals surface area contributed by atoms with Crippen LogP contribution in [-0.2, 0) is 12.7 Å². The monoisotopic (exact) mass is 595 g/mol. The van der Waals surface area contributed by atoms with Gasteiger partial charge in [0.05, 0.1) is 11.3 Å². The highest BCUT2D eigenvalue weighted by Crippen LogP contribution is 2.36. The molecule has 0 bridgehead atoms. The second kappa shape index (κ2) is 11.5. The van der Waals surface area contributed by atoms with Crippen molar-refractivity contribution in [2.45, 2.75) is 18.9 Å². The number of carbonyl (C=O) groups is 2. The third-order valence-electron chi connectivity index (χ3n) is 5.70. The predicted molar refractivity (Wildman–Crippen MR) is 140 cm³/mol. The van der Waals surface area contributed by atoms with Gasteiger partial charge in [-0.05, 0) is 43.9 Å². The molecule has 222 valence electrons. The minimum absolute atomic E-state index is 0.0370. The molecule has 3 heterocycles. The molecular weight excluding hydrogens is 572 g/mol. The van der Waals surface area contributed by atoms with Gasteiger partial charge in [-0.15, -0.1) is 0 Å². The molecule has 42 heavy (non-hydrogen) atoms. The molecule has 3 amide bonds. The van der Waals surface area contributed by atoms with Crippen LogP contribution in [0.1, 0.15) is 21.7 Å². The number of aromatic nitrogens is 4. The maximum atomic E-state index is 13.2. The Morgan fingerprint density at radius 3 is 2.31 bits per heavy atom. The summed E-state index contributed by atoms with van der Waals surface area (Å²) >= 11 is 0. The molecule has 0 unspecified atom stereocenters. The molecule has 4 aromatic rings. The molecule has 0 saturated heterocycles. The molecule has 0 spiro atoms. The molecule has 0 aliphatic heterocycles. The van der Waals surface area contributed by atoms with Crippen molar-refractivity contribution in [2.24, 2.45) is 0 Å². The number of anilines is 3. The Labute approximate surface area is 233 Å². The minimum atomic E-state index is -4.70. The summed E-state index contributed by atoms with van der Waals surface area (Å²) in [6.07, 6.45) is -8.21. The summed E-state index contributed by atoms with van der Waals surface area (Å²) in [4.78, 5) is 34.6. The fourth-order valence-electron chi connectivity index (χ4n) is 4.08. The van der Waals surface area contributed by atoms with E-state index in [0.29, 0.717) is 5.56 Å². The van der Waals surface area contributed by atoms with Crippen molar-refractivity contribution < 1.29 is 35.9 Å². The number of pyridine rings is 1. The summed E-state index contributed by atoms with van der Waals surface area (Å²) in [6, 6.07) is 7.92. The number of nitrogen functional groups attached to an aromatic ring is 1. The average molecular weight is 596 g/mol. The van der Waals surface area contributed by atoms with Gasteiger partial charge in [-0.25, -0.2) is 19.3 Å². The highest BCUT2D eigenvalue weighted by atomic mass is 19.4. The van der Waals surface area contributed by atoms with Gasteiger partial charge in [-0.3, -0.25) is 10.1 Å². The van der Waals surface area contributed by atoms with Crippen molar-refractivity contribution in [1.82, 2.24) is 29.8 Å². The summed E-state index contributed by atoms with van der Waals surface area (Å²) in [5, 5.41) is 10.7. The summed E-state index contributed by atoms with van der Waals surface area (Å²) in [7, 11) is 3.39. The Morgan fingerprint density at radius 2 is 1.69 bits per heavy atom. The quantitative estimate of drug-likeness (QED) is 0.232. The zero-order valence-electron chi connectivity index (χ0n) is 21.9. The smallest absolute Gasteiger partial charge is 0.382 e. The van der Waals surface area contributed by atoms with Crippen LogP contribution in [-0.4, -0.2) is 63.2 Å². The maximum absolute atomic E-state index is 13.2. The fourth-order valence-corrected chi connectivity index (χ4v) is 4.08. The number of nitrogens with zero attached hydrogens (tertiary/aromatic N) is 5. The van der Waals surface area contributed by atoms with Gasteiger partial charge in [0.2, 0.25) is 0 Å². The topological polar surface area (TPSA) is 143 Å². The lowest BCUT2D eigenvalue weighted by molar-refractivity contribution is -0.141. The molecule has 0 radical (unpaired) electrons. The first-order chi connectivity index (χ1) is 19.6. The Bertz CT molecular complexity index is 1620. The van der Waals surface area contributed by atoms with Crippen LogP contribution < -0.4 is 21.7 Å². The number of fused-ring (bicyclic) bond motifs is 1. The fraction of sp³-hybridized carbons (Fsp3) is 0.240. The molecule has 1 aromatic carbocycles. The van der Waals surface area contributed by atoms with E-state index in [0.717, 1.165) is 18.5 Å².